The summed E-state index contributed by atoms with van der Waals surface area (Å²) in [5, 5.41) is 3.81. The molecule has 3 rings (SSSR count). The zero-order valence-corrected chi connectivity index (χ0v) is 12.3. The van der Waals surface area contributed by atoms with Crippen LogP contribution in [-0.2, 0) is 0 Å². The quantitative estimate of drug-likeness (QED) is 0.870. The minimum Gasteiger partial charge on any atom is -0.382 e. The Morgan fingerprint density at radius 2 is 1.89 bits per heavy atom. The monoisotopic (exact) mass is 258 g/mol. The molecule has 1 spiro atoms. The van der Waals surface area contributed by atoms with E-state index in [9.17, 15) is 0 Å². The SMILES string of the molecule is CN(C)c1cccc(NC2CCC23CCCCC3)c1. The Bertz CT molecular complexity index is 433. The lowest BCUT2D eigenvalue weighted by Gasteiger charge is -2.52. The van der Waals surface area contributed by atoms with Gasteiger partial charge < -0.3 is 10.2 Å². The Balaban J connectivity index is 1.69. The van der Waals surface area contributed by atoms with Gasteiger partial charge in [-0.2, -0.15) is 0 Å². The Labute approximate surface area is 117 Å². The summed E-state index contributed by atoms with van der Waals surface area (Å²) in [6.07, 6.45) is 10.0. The van der Waals surface area contributed by atoms with Crippen molar-refractivity contribution >= 4 is 11.4 Å². The van der Waals surface area contributed by atoms with Crippen LogP contribution in [0, 0.1) is 5.41 Å². The first-order valence-electron chi connectivity index (χ1n) is 7.74. The van der Waals surface area contributed by atoms with Crippen LogP contribution >= 0.6 is 0 Å². The highest BCUT2D eigenvalue weighted by molar-refractivity contribution is 5.58. The molecule has 0 amide bonds. The van der Waals surface area contributed by atoms with Crippen LogP contribution in [0.5, 0.6) is 0 Å². The van der Waals surface area contributed by atoms with Gasteiger partial charge in [-0.25, -0.2) is 0 Å². The highest BCUT2D eigenvalue weighted by atomic mass is 15.1. The van der Waals surface area contributed by atoms with E-state index in [2.05, 4.69) is 48.6 Å². The van der Waals surface area contributed by atoms with E-state index >= 15 is 0 Å². The summed E-state index contributed by atoms with van der Waals surface area (Å²) in [6.45, 7) is 0. The van der Waals surface area contributed by atoms with Gasteiger partial charge >= 0.3 is 0 Å². The van der Waals surface area contributed by atoms with E-state index in [0.717, 1.165) is 0 Å². The van der Waals surface area contributed by atoms with Crippen molar-refractivity contribution in [1.29, 1.82) is 0 Å². The number of anilines is 2. The van der Waals surface area contributed by atoms with E-state index in [1.807, 2.05) is 0 Å². The molecule has 2 nitrogen and oxygen atoms in total. The highest BCUT2D eigenvalue weighted by Crippen LogP contribution is 2.52. The third kappa shape index (κ3) is 2.45. The van der Waals surface area contributed by atoms with Crippen LogP contribution in [0.4, 0.5) is 11.4 Å². The summed E-state index contributed by atoms with van der Waals surface area (Å²) < 4.78 is 0. The maximum absolute atomic E-state index is 3.81. The minimum absolute atomic E-state index is 0.631. The second kappa shape index (κ2) is 5.07. The number of hydrogen-bond donors (Lipinski definition) is 1. The average Bonchev–Trinajstić information content (AvgIpc) is 2.45. The van der Waals surface area contributed by atoms with Gasteiger partial charge in [0.2, 0.25) is 0 Å². The second-order valence-electron chi connectivity index (χ2n) is 6.60. The van der Waals surface area contributed by atoms with Gasteiger partial charge in [-0.15, -0.1) is 0 Å². The Morgan fingerprint density at radius 3 is 2.53 bits per heavy atom. The average molecular weight is 258 g/mol. The van der Waals surface area contributed by atoms with E-state index < -0.39 is 0 Å². The topological polar surface area (TPSA) is 15.3 Å². The second-order valence-corrected chi connectivity index (χ2v) is 6.60. The van der Waals surface area contributed by atoms with Crippen molar-refractivity contribution in [3.63, 3.8) is 0 Å². The Hall–Kier alpha value is -1.18. The van der Waals surface area contributed by atoms with Crippen LogP contribution in [0.1, 0.15) is 44.9 Å². The molecule has 1 aromatic rings. The van der Waals surface area contributed by atoms with Crippen LogP contribution in [0.3, 0.4) is 0 Å². The fraction of sp³-hybridized carbons (Fsp3) is 0.647. The molecule has 2 saturated carbocycles. The third-order valence-electron chi connectivity index (χ3n) is 5.22. The number of rotatable bonds is 3. The molecule has 1 unspecified atom stereocenters. The van der Waals surface area contributed by atoms with Crippen LogP contribution in [0.25, 0.3) is 0 Å². The van der Waals surface area contributed by atoms with Crippen molar-refractivity contribution in [2.45, 2.75) is 51.0 Å². The maximum Gasteiger partial charge on any atom is 0.0381 e. The predicted molar refractivity (Wildman–Crippen MR) is 82.9 cm³/mol. The van der Waals surface area contributed by atoms with Gasteiger partial charge in [0.1, 0.15) is 0 Å². The smallest absolute Gasteiger partial charge is 0.0381 e. The zero-order valence-electron chi connectivity index (χ0n) is 12.3. The summed E-state index contributed by atoms with van der Waals surface area (Å²) in [4.78, 5) is 2.17. The molecule has 0 heterocycles. The predicted octanol–water partition coefficient (Wildman–Crippen LogP) is 4.28. The molecule has 0 aliphatic heterocycles. The van der Waals surface area contributed by atoms with Crippen LogP contribution in [0.2, 0.25) is 0 Å². The lowest BCUT2D eigenvalue weighted by atomic mass is 9.57. The van der Waals surface area contributed by atoms with E-state index in [-0.39, 0.29) is 0 Å². The zero-order chi connectivity index (χ0) is 13.3. The molecule has 1 aromatic carbocycles. The molecule has 2 fully saturated rings. The van der Waals surface area contributed by atoms with Crippen LogP contribution in [0.15, 0.2) is 24.3 Å². The molecule has 0 aromatic heterocycles. The summed E-state index contributed by atoms with van der Waals surface area (Å²) >= 11 is 0. The van der Waals surface area contributed by atoms with E-state index in [4.69, 9.17) is 0 Å². The van der Waals surface area contributed by atoms with Crippen molar-refractivity contribution in [2.24, 2.45) is 5.41 Å². The Morgan fingerprint density at radius 1 is 1.11 bits per heavy atom. The molecule has 104 valence electrons. The van der Waals surface area contributed by atoms with Crippen molar-refractivity contribution in [3.05, 3.63) is 24.3 Å². The molecular formula is C17H26N2. The molecule has 2 aliphatic carbocycles. The molecule has 0 saturated heterocycles. The van der Waals surface area contributed by atoms with Gasteiger partial charge in [-0.05, 0) is 49.3 Å². The number of nitrogens with one attached hydrogen (secondary N) is 1. The van der Waals surface area contributed by atoms with Gasteiger partial charge in [0.15, 0.2) is 0 Å². The largest absolute Gasteiger partial charge is 0.382 e. The third-order valence-corrected chi connectivity index (χ3v) is 5.22. The van der Waals surface area contributed by atoms with E-state index in [1.165, 1.54) is 56.3 Å². The normalized spacial score (nSPS) is 24.8. The first kappa shape index (κ1) is 12.8. The van der Waals surface area contributed by atoms with E-state index in [0.29, 0.717) is 11.5 Å². The summed E-state index contributed by atoms with van der Waals surface area (Å²) in [5.74, 6) is 0. The van der Waals surface area contributed by atoms with Gasteiger partial charge in [-0.1, -0.05) is 25.3 Å². The molecule has 1 N–H and O–H groups in total. The summed E-state index contributed by atoms with van der Waals surface area (Å²) in [6, 6.07) is 9.52. The molecule has 19 heavy (non-hydrogen) atoms. The number of benzene rings is 1. The maximum atomic E-state index is 3.81. The fourth-order valence-electron chi connectivity index (χ4n) is 3.85. The fourth-order valence-corrected chi connectivity index (χ4v) is 3.85. The lowest BCUT2D eigenvalue weighted by molar-refractivity contribution is 0.0571. The van der Waals surface area contributed by atoms with Crippen LogP contribution < -0.4 is 10.2 Å². The molecule has 2 heteroatoms. The summed E-state index contributed by atoms with van der Waals surface area (Å²) in [5.41, 5.74) is 3.20. The van der Waals surface area contributed by atoms with Gasteiger partial charge in [-0.3, -0.25) is 0 Å². The molecule has 2 aliphatic rings. The summed E-state index contributed by atoms with van der Waals surface area (Å²) in [7, 11) is 4.20. The van der Waals surface area contributed by atoms with Crippen molar-refractivity contribution in [3.8, 4) is 0 Å². The first-order chi connectivity index (χ1) is 9.20. The van der Waals surface area contributed by atoms with Gasteiger partial charge in [0, 0.05) is 31.5 Å². The van der Waals surface area contributed by atoms with Crippen molar-refractivity contribution in [2.75, 3.05) is 24.3 Å². The highest BCUT2D eigenvalue weighted by Gasteiger charge is 2.46. The lowest BCUT2D eigenvalue weighted by Crippen LogP contribution is -2.50. The number of hydrogen-bond acceptors (Lipinski definition) is 2. The van der Waals surface area contributed by atoms with Crippen LogP contribution in [-0.4, -0.2) is 20.1 Å². The van der Waals surface area contributed by atoms with Crippen molar-refractivity contribution < 1.29 is 0 Å². The molecular weight excluding hydrogens is 232 g/mol. The Kier molecular flexibility index (Phi) is 3.42. The standard InChI is InChI=1S/C17H26N2/c1-19(2)15-8-6-7-14(13-15)18-16-9-12-17(16)10-4-3-5-11-17/h6-8,13,16,18H,3-5,9-12H2,1-2H3. The first-order valence-corrected chi connectivity index (χ1v) is 7.74. The van der Waals surface area contributed by atoms with Gasteiger partial charge in [0.25, 0.3) is 0 Å². The molecule has 0 radical (unpaired) electrons. The molecule has 0 bridgehead atoms. The minimum atomic E-state index is 0.631. The molecule has 1 atom stereocenters. The number of nitrogens with zero attached hydrogens (tertiary/aromatic N) is 1. The van der Waals surface area contributed by atoms with E-state index in [1.54, 1.807) is 0 Å². The van der Waals surface area contributed by atoms with Gasteiger partial charge in [0.05, 0.1) is 0 Å². The van der Waals surface area contributed by atoms with Crippen molar-refractivity contribution in [1.82, 2.24) is 0 Å².